The van der Waals surface area contributed by atoms with Crippen molar-refractivity contribution in [1.29, 1.82) is 0 Å². The fourth-order valence-corrected chi connectivity index (χ4v) is 2.79. The number of hydrogen-bond donors (Lipinski definition) is 3. The van der Waals surface area contributed by atoms with E-state index in [1.54, 1.807) is 25.3 Å². The molecule has 0 atom stereocenters. The van der Waals surface area contributed by atoms with E-state index in [2.05, 4.69) is 20.6 Å². The standard InChI is InChI=1S/C18H17Cl2N5O2/c1-26-14-8-15(27-2)13(7-11(14)20)25-18-16(21)17(22-9-23-18)24-12-6-4-3-5-10(12)19/h3-9H,21H2,1-2H3,(H2,22,23,24,25). The van der Waals surface area contributed by atoms with Gasteiger partial charge in [-0.2, -0.15) is 0 Å². The van der Waals surface area contributed by atoms with Gasteiger partial charge in [0.25, 0.3) is 0 Å². The normalized spacial score (nSPS) is 10.4. The Morgan fingerprint density at radius 2 is 1.48 bits per heavy atom. The molecule has 4 N–H and O–H groups in total. The number of halogens is 2. The van der Waals surface area contributed by atoms with E-state index in [1.165, 1.54) is 13.4 Å². The number of aromatic nitrogens is 2. The number of para-hydroxylation sites is 1. The van der Waals surface area contributed by atoms with E-state index in [0.717, 1.165) is 0 Å². The number of ether oxygens (including phenoxy) is 2. The quantitative estimate of drug-likeness (QED) is 0.538. The van der Waals surface area contributed by atoms with Gasteiger partial charge >= 0.3 is 0 Å². The molecule has 0 bridgehead atoms. The number of hydrogen-bond acceptors (Lipinski definition) is 7. The van der Waals surface area contributed by atoms with Crippen LogP contribution in [0.4, 0.5) is 28.7 Å². The third kappa shape index (κ3) is 4.10. The van der Waals surface area contributed by atoms with Crippen LogP contribution in [0.15, 0.2) is 42.7 Å². The van der Waals surface area contributed by atoms with Gasteiger partial charge in [0.15, 0.2) is 11.6 Å². The number of rotatable bonds is 6. The summed E-state index contributed by atoms with van der Waals surface area (Å²) < 4.78 is 10.6. The van der Waals surface area contributed by atoms with Crippen molar-refractivity contribution >= 4 is 51.9 Å². The average molecular weight is 406 g/mol. The lowest BCUT2D eigenvalue weighted by Crippen LogP contribution is -2.06. The zero-order valence-corrected chi connectivity index (χ0v) is 16.1. The molecule has 0 aliphatic heterocycles. The van der Waals surface area contributed by atoms with Gasteiger partial charge in [0.1, 0.15) is 23.5 Å². The van der Waals surface area contributed by atoms with E-state index in [4.69, 9.17) is 38.4 Å². The van der Waals surface area contributed by atoms with Crippen LogP contribution in [0.25, 0.3) is 0 Å². The summed E-state index contributed by atoms with van der Waals surface area (Å²) in [6.07, 6.45) is 1.38. The first kappa shape index (κ1) is 18.9. The van der Waals surface area contributed by atoms with Gasteiger partial charge in [-0.25, -0.2) is 9.97 Å². The van der Waals surface area contributed by atoms with E-state index in [0.29, 0.717) is 50.2 Å². The number of anilines is 5. The van der Waals surface area contributed by atoms with Crippen molar-refractivity contribution in [2.75, 3.05) is 30.6 Å². The highest BCUT2D eigenvalue weighted by Gasteiger charge is 2.14. The maximum absolute atomic E-state index is 6.22. The zero-order chi connectivity index (χ0) is 19.4. The molecule has 0 saturated carbocycles. The molecule has 140 valence electrons. The van der Waals surface area contributed by atoms with Gasteiger partial charge in [-0.05, 0) is 18.2 Å². The molecule has 27 heavy (non-hydrogen) atoms. The molecule has 0 amide bonds. The minimum atomic E-state index is 0.311. The largest absolute Gasteiger partial charge is 0.495 e. The van der Waals surface area contributed by atoms with Crippen LogP contribution < -0.4 is 25.8 Å². The summed E-state index contributed by atoms with van der Waals surface area (Å²) in [4.78, 5) is 8.38. The van der Waals surface area contributed by atoms with E-state index in [9.17, 15) is 0 Å². The first-order valence-electron chi connectivity index (χ1n) is 7.84. The van der Waals surface area contributed by atoms with Crippen LogP contribution in [0.1, 0.15) is 0 Å². The third-order valence-electron chi connectivity index (χ3n) is 3.74. The predicted molar refractivity (Wildman–Crippen MR) is 109 cm³/mol. The minimum absolute atomic E-state index is 0.311. The van der Waals surface area contributed by atoms with E-state index < -0.39 is 0 Å². The van der Waals surface area contributed by atoms with Crippen LogP contribution in [0.2, 0.25) is 10.0 Å². The SMILES string of the molecule is COc1cc(OC)c(Nc2ncnc(Nc3ccccc3Cl)c2N)cc1Cl. The highest BCUT2D eigenvalue weighted by atomic mass is 35.5. The molecule has 3 rings (SSSR count). The smallest absolute Gasteiger partial charge is 0.159 e. The molecule has 3 aromatic rings. The first-order chi connectivity index (χ1) is 13.0. The monoisotopic (exact) mass is 405 g/mol. The molecule has 9 heteroatoms. The molecule has 0 fully saturated rings. The summed E-state index contributed by atoms with van der Waals surface area (Å²) in [6, 6.07) is 10.6. The minimum Gasteiger partial charge on any atom is -0.495 e. The Hall–Kier alpha value is -2.90. The summed E-state index contributed by atoms with van der Waals surface area (Å²) in [5.74, 6) is 1.82. The van der Waals surface area contributed by atoms with Crippen LogP contribution in [0.5, 0.6) is 11.5 Å². The topological polar surface area (TPSA) is 94.3 Å². The van der Waals surface area contributed by atoms with E-state index >= 15 is 0 Å². The summed E-state index contributed by atoms with van der Waals surface area (Å²) >= 11 is 12.4. The van der Waals surface area contributed by atoms with Gasteiger partial charge < -0.3 is 25.8 Å². The first-order valence-corrected chi connectivity index (χ1v) is 8.59. The van der Waals surface area contributed by atoms with Gasteiger partial charge in [0.2, 0.25) is 0 Å². The van der Waals surface area contributed by atoms with E-state index in [1.807, 2.05) is 18.2 Å². The second-order valence-electron chi connectivity index (χ2n) is 5.40. The molecule has 0 aliphatic rings. The fraction of sp³-hybridized carbons (Fsp3) is 0.111. The number of nitrogens with one attached hydrogen (secondary N) is 2. The van der Waals surface area contributed by atoms with E-state index in [-0.39, 0.29) is 0 Å². The Bertz CT molecular complexity index is 968. The molecule has 1 aromatic heterocycles. The van der Waals surface area contributed by atoms with Gasteiger partial charge in [-0.1, -0.05) is 35.3 Å². The van der Waals surface area contributed by atoms with Crippen molar-refractivity contribution in [3.05, 3.63) is 52.8 Å². The van der Waals surface area contributed by atoms with Crippen LogP contribution in [0.3, 0.4) is 0 Å². The highest BCUT2D eigenvalue weighted by Crippen LogP contribution is 2.38. The Morgan fingerprint density at radius 1 is 0.852 bits per heavy atom. The van der Waals surface area contributed by atoms with Crippen molar-refractivity contribution < 1.29 is 9.47 Å². The molecule has 0 saturated heterocycles. The Kier molecular flexibility index (Phi) is 5.73. The van der Waals surface area contributed by atoms with Crippen LogP contribution in [-0.4, -0.2) is 24.2 Å². The number of nitrogen functional groups attached to an aromatic ring is 1. The molecule has 1 heterocycles. The molecule has 2 aromatic carbocycles. The summed E-state index contributed by atoms with van der Waals surface area (Å²) in [5, 5.41) is 7.18. The lowest BCUT2D eigenvalue weighted by Gasteiger charge is -2.16. The number of nitrogens with zero attached hydrogens (tertiary/aromatic N) is 2. The molecular formula is C18H17Cl2N5O2. The molecule has 0 spiro atoms. The predicted octanol–water partition coefficient (Wildman–Crippen LogP) is 4.87. The number of nitrogens with two attached hydrogens (primary N) is 1. The average Bonchev–Trinajstić information content (AvgIpc) is 2.67. The van der Waals surface area contributed by atoms with Crippen molar-refractivity contribution in [2.45, 2.75) is 0 Å². The Balaban J connectivity index is 1.93. The zero-order valence-electron chi connectivity index (χ0n) is 14.6. The van der Waals surface area contributed by atoms with Crippen molar-refractivity contribution in [1.82, 2.24) is 9.97 Å². The fourth-order valence-electron chi connectivity index (χ4n) is 2.37. The summed E-state index contributed by atoms with van der Waals surface area (Å²) in [7, 11) is 3.07. The van der Waals surface area contributed by atoms with Gasteiger partial charge in [-0.3, -0.25) is 0 Å². The Labute approximate surface area is 166 Å². The molecule has 0 unspecified atom stereocenters. The lowest BCUT2D eigenvalue weighted by molar-refractivity contribution is 0.396. The molecule has 0 aliphatic carbocycles. The van der Waals surface area contributed by atoms with Crippen molar-refractivity contribution in [3.63, 3.8) is 0 Å². The second-order valence-corrected chi connectivity index (χ2v) is 6.22. The second kappa shape index (κ2) is 8.20. The lowest BCUT2D eigenvalue weighted by atomic mass is 10.2. The number of benzene rings is 2. The highest BCUT2D eigenvalue weighted by molar-refractivity contribution is 6.33. The molecular weight excluding hydrogens is 389 g/mol. The summed E-state index contributed by atoms with van der Waals surface area (Å²) in [5.41, 5.74) is 7.80. The number of methoxy groups -OCH3 is 2. The van der Waals surface area contributed by atoms with Crippen LogP contribution in [0, 0.1) is 0 Å². The summed E-state index contributed by atoms with van der Waals surface area (Å²) in [6.45, 7) is 0. The van der Waals surface area contributed by atoms with Gasteiger partial charge in [0.05, 0.1) is 35.6 Å². The Morgan fingerprint density at radius 3 is 2.11 bits per heavy atom. The van der Waals surface area contributed by atoms with Gasteiger partial charge in [-0.15, -0.1) is 0 Å². The maximum atomic E-state index is 6.22. The van der Waals surface area contributed by atoms with Gasteiger partial charge in [0, 0.05) is 6.07 Å². The van der Waals surface area contributed by atoms with Crippen LogP contribution >= 0.6 is 23.2 Å². The van der Waals surface area contributed by atoms with Crippen molar-refractivity contribution in [2.24, 2.45) is 0 Å². The van der Waals surface area contributed by atoms with Crippen molar-refractivity contribution in [3.8, 4) is 11.5 Å². The third-order valence-corrected chi connectivity index (χ3v) is 4.36. The maximum Gasteiger partial charge on any atom is 0.159 e. The van der Waals surface area contributed by atoms with Crippen LogP contribution in [-0.2, 0) is 0 Å². The molecule has 7 nitrogen and oxygen atoms in total. The molecule has 0 radical (unpaired) electrons.